The largest absolute Gasteiger partial charge is 0.395 e. The van der Waals surface area contributed by atoms with Gasteiger partial charge in [-0.05, 0) is 62.2 Å². The van der Waals surface area contributed by atoms with Gasteiger partial charge in [0, 0.05) is 42.2 Å². The van der Waals surface area contributed by atoms with Crippen LogP contribution in [0.4, 0.5) is 4.39 Å². The molecule has 0 bridgehead atoms. The quantitative estimate of drug-likeness (QED) is 0.727. The van der Waals surface area contributed by atoms with E-state index in [-0.39, 0.29) is 30.5 Å². The standard InChI is InChI=1S/C26H29FN2O3/c1-18(31)7-8-19-9-11-20(12-10-19)25-23-16-28(13-2-3-14-29(23)24(25)17-30)26(32)21-5-4-6-22(27)15-21/h4-6,9-12,15,18,23-25,30-31H,2-3,13-14,16-17H2,1H3/t18-,23-,24-,25-/m1/s1. The molecule has 1 amide bonds. The van der Waals surface area contributed by atoms with Crippen molar-refractivity contribution in [1.29, 1.82) is 0 Å². The van der Waals surface area contributed by atoms with Crippen LogP contribution in [0.25, 0.3) is 0 Å². The molecule has 2 heterocycles. The predicted octanol–water partition coefficient (Wildman–Crippen LogP) is 2.62. The summed E-state index contributed by atoms with van der Waals surface area (Å²) < 4.78 is 13.7. The number of hydrogen-bond donors (Lipinski definition) is 2. The molecule has 0 saturated carbocycles. The summed E-state index contributed by atoms with van der Waals surface area (Å²) in [4.78, 5) is 17.2. The summed E-state index contributed by atoms with van der Waals surface area (Å²) in [6.45, 7) is 3.76. The fourth-order valence-electron chi connectivity index (χ4n) is 4.91. The normalized spacial score (nSPS) is 24.2. The van der Waals surface area contributed by atoms with Crippen molar-refractivity contribution < 1.29 is 19.4 Å². The number of amides is 1. The molecule has 5 nitrogen and oxygen atoms in total. The van der Waals surface area contributed by atoms with Crippen LogP contribution in [-0.2, 0) is 0 Å². The highest BCUT2D eigenvalue weighted by Crippen LogP contribution is 2.42. The summed E-state index contributed by atoms with van der Waals surface area (Å²) in [5, 5.41) is 19.4. The second kappa shape index (κ2) is 9.83. The maximum atomic E-state index is 13.7. The van der Waals surface area contributed by atoms with Crippen LogP contribution in [0.2, 0.25) is 0 Å². The average Bonchev–Trinajstić information content (AvgIpc) is 2.77. The third-order valence-corrected chi connectivity index (χ3v) is 6.45. The number of benzene rings is 2. The maximum absolute atomic E-state index is 13.7. The first-order valence-electron chi connectivity index (χ1n) is 11.2. The van der Waals surface area contributed by atoms with E-state index in [2.05, 4.69) is 16.7 Å². The van der Waals surface area contributed by atoms with Crippen molar-refractivity contribution in [2.45, 2.75) is 43.9 Å². The van der Waals surface area contributed by atoms with Gasteiger partial charge in [0.05, 0.1) is 6.61 Å². The highest BCUT2D eigenvalue weighted by molar-refractivity contribution is 5.94. The molecule has 0 unspecified atom stereocenters. The van der Waals surface area contributed by atoms with Crippen molar-refractivity contribution in [3.8, 4) is 11.8 Å². The molecule has 4 rings (SSSR count). The van der Waals surface area contributed by atoms with E-state index in [1.54, 1.807) is 19.1 Å². The van der Waals surface area contributed by atoms with E-state index in [1.165, 1.54) is 12.1 Å². The highest BCUT2D eigenvalue weighted by atomic mass is 19.1. The molecule has 2 saturated heterocycles. The third-order valence-electron chi connectivity index (χ3n) is 6.45. The van der Waals surface area contributed by atoms with Crippen LogP contribution < -0.4 is 0 Å². The Hall–Kier alpha value is -2.72. The third kappa shape index (κ3) is 4.71. The predicted molar refractivity (Wildman–Crippen MR) is 121 cm³/mol. The number of aliphatic hydroxyl groups is 2. The number of fused-ring (bicyclic) bond motifs is 1. The fourth-order valence-corrected chi connectivity index (χ4v) is 4.91. The van der Waals surface area contributed by atoms with Gasteiger partial charge in [-0.15, -0.1) is 0 Å². The molecule has 0 aromatic heterocycles. The van der Waals surface area contributed by atoms with Crippen LogP contribution >= 0.6 is 0 Å². The minimum absolute atomic E-state index is 0.0126. The zero-order chi connectivity index (χ0) is 22.7. The summed E-state index contributed by atoms with van der Waals surface area (Å²) in [7, 11) is 0. The van der Waals surface area contributed by atoms with E-state index < -0.39 is 11.9 Å². The highest BCUT2D eigenvalue weighted by Gasteiger charge is 2.49. The fraction of sp³-hybridized carbons (Fsp3) is 0.423. The molecule has 2 aliphatic heterocycles. The van der Waals surface area contributed by atoms with Crippen molar-refractivity contribution in [3.63, 3.8) is 0 Å². The molecule has 2 fully saturated rings. The molecule has 2 N–H and O–H groups in total. The molecule has 168 valence electrons. The van der Waals surface area contributed by atoms with Gasteiger partial charge >= 0.3 is 0 Å². The molecule has 4 atom stereocenters. The van der Waals surface area contributed by atoms with E-state index in [1.807, 2.05) is 29.2 Å². The summed E-state index contributed by atoms with van der Waals surface area (Å²) in [6.07, 6.45) is 1.15. The van der Waals surface area contributed by atoms with Crippen LogP contribution in [-0.4, -0.2) is 70.3 Å². The van der Waals surface area contributed by atoms with Crippen LogP contribution in [0.3, 0.4) is 0 Å². The lowest BCUT2D eigenvalue weighted by molar-refractivity contribution is -0.0606. The molecule has 0 spiro atoms. The minimum Gasteiger partial charge on any atom is -0.395 e. The molecule has 0 radical (unpaired) electrons. The Bertz CT molecular complexity index is 1010. The van der Waals surface area contributed by atoms with Crippen LogP contribution in [0, 0.1) is 17.7 Å². The van der Waals surface area contributed by atoms with Crippen molar-refractivity contribution >= 4 is 5.91 Å². The van der Waals surface area contributed by atoms with Crippen LogP contribution in [0.1, 0.15) is 47.2 Å². The van der Waals surface area contributed by atoms with Crippen molar-refractivity contribution in [2.75, 3.05) is 26.2 Å². The van der Waals surface area contributed by atoms with Crippen molar-refractivity contribution in [3.05, 3.63) is 71.0 Å². The van der Waals surface area contributed by atoms with Crippen molar-refractivity contribution in [2.24, 2.45) is 0 Å². The Kier molecular flexibility index (Phi) is 6.90. The van der Waals surface area contributed by atoms with Crippen LogP contribution in [0.5, 0.6) is 0 Å². The minimum atomic E-state index is -0.676. The molecular weight excluding hydrogens is 407 g/mol. The van der Waals surface area contributed by atoms with Gasteiger partial charge in [-0.3, -0.25) is 9.69 Å². The number of hydrogen-bond acceptors (Lipinski definition) is 4. The molecule has 2 aliphatic rings. The zero-order valence-corrected chi connectivity index (χ0v) is 18.2. The van der Waals surface area contributed by atoms with E-state index in [0.29, 0.717) is 18.7 Å². The lowest BCUT2D eigenvalue weighted by Crippen LogP contribution is -2.67. The lowest BCUT2D eigenvalue weighted by atomic mass is 9.74. The first-order valence-corrected chi connectivity index (χ1v) is 11.2. The molecule has 0 aliphatic carbocycles. The van der Waals surface area contributed by atoms with E-state index in [9.17, 15) is 19.4 Å². The SMILES string of the molecule is C[C@@H](O)C#Cc1ccc([C@H]2[C@@H](CO)N3CCCCN(C(=O)c4cccc(F)c4)C[C@H]23)cc1. The summed E-state index contributed by atoms with van der Waals surface area (Å²) in [5.41, 5.74) is 2.30. The lowest BCUT2D eigenvalue weighted by Gasteiger charge is -2.57. The maximum Gasteiger partial charge on any atom is 0.254 e. The first-order chi connectivity index (χ1) is 15.5. The number of rotatable bonds is 3. The smallest absolute Gasteiger partial charge is 0.254 e. The molecule has 2 aromatic rings. The number of carbonyl (C=O) groups excluding carboxylic acids is 1. The Morgan fingerprint density at radius 2 is 1.94 bits per heavy atom. The summed E-state index contributed by atoms with van der Waals surface area (Å²) in [5.74, 6) is 5.22. The molecular formula is C26H29FN2O3. The number of halogens is 1. The van der Waals surface area contributed by atoms with Gasteiger partial charge in [-0.25, -0.2) is 4.39 Å². The summed E-state index contributed by atoms with van der Waals surface area (Å²) in [6, 6.07) is 13.9. The van der Waals surface area contributed by atoms with E-state index >= 15 is 0 Å². The Morgan fingerprint density at radius 3 is 2.62 bits per heavy atom. The van der Waals surface area contributed by atoms with Gasteiger partial charge in [0.15, 0.2) is 0 Å². The van der Waals surface area contributed by atoms with Crippen molar-refractivity contribution in [1.82, 2.24) is 9.80 Å². The number of nitrogens with zero attached hydrogens (tertiary/aromatic N) is 2. The molecule has 32 heavy (non-hydrogen) atoms. The zero-order valence-electron chi connectivity index (χ0n) is 18.2. The molecule has 2 aromatic carbocycles. The van der Waals surface area contributed by atoms with Gasteiger partial charge in [-0.2, -0.15) is 0 Å². The number of aliphatic hydroxyl groups excluding tert-OH is 2. The van der Waals surface area contributed by atoms with Crippen LogP contribution in [0.15, 0.2) is 48.5 Å². The van der Waals surface area contributed by atoms with Gasteiger partial charge in [0.1, 0.15) is 11.9 Å². The van der Waals surface area contributed by atoms with E-state index in [0.717, 1.165) is 30.5 Å². The average molecular weight is 437 g/mol. The number of carbonyl (C=O) groups is 1. The van der Waals surface area contributed by atoms with Gasteiger partial charge in [-0.1, -0.05) is 30.0 Å². The second-order valence-corrected chi connectivity index (χ2v) is 8.62. The van der Waals surface area contributed by atoms with Gasteiger partial charge in [0.25, 0.3) is 5.91 Å². The van der Waals surface area contributed by atoms with E-state index in [4.69, 9.17) is 0 Å². The Labute approximate surface area is 188 Å². The summed E-state index contributed by atoms with van der Waals surface area (Å²) >= 11 is 0. The topological polar surface area (TPSA) is 64.0 Å². The Balaban J connectivity index is 1.56. The van der Waals surface area contributed by atoms with Gasteiger partial charge in [0.2, 0.25) is 0 Å². The monoisotopic (exact) mass is 436 g/mol. The van der Waals surface area contributed by atoms with Gasteiger partial charge < -0.3 is 15.1 Å². The first kappa shape index (κ1) is 22.5. The Morgan fingerprint density at radius 1 is 1.19 bits per heavy atom. The second-order valence-electron chi connectivity index (χ2n) is 8.62. The molecule has 6 heteroatoms.